The summed E-state index contributed by atoms with van der Waals surface area (Å²) in [5.74, 6) is -1.04. The summed E-state index contributed by atoms with van der Waals surface area (Å²) in [6, 6.07) is 9.16. The van der Waals surface area contributed by atoms with E-state index in [9.17, 15) is 18.0 Å². The van der Waals surface area contributed by atoms with Gasteiger partial charge in [0.15, 0.2) is 14.6 Å². The van der Waals surface area contributed by atoms with Crippen molar-refractivity contribution in [2.45, 2.75) is 31.6 Å². The zero-order valence-electron chi connectivity index (χ0n) is 17.3. The zero-order valence-corrected chi connectivity index (χ0v) is 18.1. The average molecular weight is 446 g/mol. The number of hydrogen-bond acceptors (Lipinski definition) is 7. The minimum atomic E-state index is -3.84. The molecule has 0 bridgehead atoms. The third kappa shape index (κ3) is 4.28. The Morgan fingerprint density at radius 3 is 2.32 bits per heavy atom. The number of benzene rings is 1. The topological polar surface area (TPSA) is 136 Å². The quantitative estimate of drug-likeness (QED) is 0.410. The molecular formula is C20H23N5O5S. The van der Waals surface area contributed by atoms with Crippen molar-refractivity contribution in [1.29, 1.82) is 0 Å². The molecule has 11 heteroatoms. The maximum absolute atomic E-state index is 12.9. The molecule has 0 fully saturated rings. The summed E-state index contributed by atoms with van der Waals surface area (Å²) in [4.78, 5) is 26.3. The summed E-state index contributed by atoms with van der Waals surface area (Å²) >= 11 is 0. The summed E-state index contributed by atoms with van der Waals surface area (Å²) in [6.45, 7) is 2.89. The van der Waals surface area contributed by atoms with Crippen LogP contribution >= 0.6 is 0 Å². The summed E-state index contributed by atoms with van der Waals surface area (Å²) in [5, 5.41) is 17.1. The van der Waals surface area contributed by atoms with Crippen molar-refractivity contribution in [1.82, 2.24) is 25.0 Å². The van der Waals surface area contributed by atoms with E-state index in [1.54, 1.807) is 31.6 Å². The summed E-state index contributed by atoms with van der Waals surface area (Å²) in [5.41, 5.74) is 3.94. The first-order valence-electron chi connectivity index (χ1n) is 9.40. The monoisotopic (exact) mass is 445 g/mol. The van der Waals surface area contributed by atoms with Gasteiger partial charge in [0.2, 0.25) is 0 Å². The van der Waals surface area contributed by atoms with Gasteiger partial charge in [-0.05, 0) is 49.6 Å². The molecule has 0 aliphatic rings. The van der Waals surface area contributed by atoms with Crippen LogP contribution in [0.5, 0.6) is 0 Å². The van der Waals surface area contributed by atoms with Gasteiger partial charge in [-0.2, -0.15) is 15.0 Å². The number of rotatable bonds is 7. The highest BCUT2D eigenvalue weighted by molar-refractivity contribution is 7.92. The van der Waals surface area contributed by atoms with E-state index in [1.807, 2.05) is 24.3 Å². The van der Waals surface area contributed by atoms with E-state index < -0.39 is 20.5 Å². The van der Waals surface area contributed by atoms with Crippen LogP contribution in [0.2, 0.25) is 0 Å². The fraction of sp³-hybridized carbons (Fsp3) is 0.300. The van der Waals surface area contributed by atoms with Crippen molar-refractivity contribution in [3.8, 4) is 16.8 Å². The molecule has 0 saturated carbocycles. The Kier molecular flexibility index (Phi) is 6.09. The van der Waals surface area contributed by atoms with Gasteiger partial charge in [-0.3, -0.25) is 14.8 Å². The molecule has 164 valence electrons. The fourth-order valence-corrected chi connectivity index (χ4v) is 4.06. The normalized spacial score (nSPS) is 13.5. The van der Waals surface area contributed by atoms with E-state index in [1.165, 1.54) is 21.8 Å². The Bertz CT molecular complexity index is 1250. The van der Waals surface area contributed by atoms with Gasteiger partial charge in [-0.15, -0.1) is 0 Å². The number of carbonyl (C=O) groups excluding carboxylic acids is 1. The van der Waals surface area contributed by atoms with Crippen molar-refractivity contribution in [2.75, 3.05) is 6.26 Å². The summed E-state index contributed by atoms with van der Waals surface area (Å²) in [6.07, 6.45) is 5.46. The highest BCUT2D eigenvalue weighted by Gasteiger charge is 2.43. The maximum atomic E-state index is 12.9. The molecule has 0 radical (unpaired) electrons. The van der Waals surface area contributed by atoms with Gasteiger partial charge in [0.1, 0.15) is 0 Å². The molecule has 3 rings (SSSR count). The van der Waals surface area contributed by atoms with Gasteiger partial charge in [0.25, 0.3) is 11.5 Å². The largest absolute Gasteiger partial charge is 0.315 e. The molecule has 10 nitrogen and oxygen atoms in total. The Hall–Kier alpha value is -3.31. The number of aryl methyl sites for hydroxylation is 1. The van der Waals surface area contributed by atoms with Crippen molar-refractivity contribution in [3.05, 3.63) is 64.8 Å². The van der Waals surface area contributed by atoms with Crippen molar-refractivity contribution in [3.63, 3.8) is 0 Å². The van der Waals surface area contributed by atoms with Crippen LogP contribution in [0.25, 0.3) is 16.8 Å². The predicted octanol–water partition coefficient (Wildman–Crippen LogP) is 1.10. The zero-order chi connectivity index (χ0) is 22.8. The molecule has 1 unspecified atom stereocenters. The number of sulfone groups is 1. The molecule has 0 spiro atoms. The van der Waals surface area contributed by atoms with Crippen molar-refractivity contribution >= 4 is 15.7 Å². The van der Waals surface area contributed by atoms with Gasteiger partial charge >= 0.3 is 0 Å². The minimum absolute atomic E-state index is 0.0130. The molecule has 0 aliphatic carbocycles. The Balaban J connectivity index is 1.87. The van der Waals surface area contributed by atoms with Crippen LogP contribution in [-0.4, -0.2) is 50.1 Å². The van der Waals surface area contributed by atoms with Gasteiger partial charge in [-0.25, -0.2) is 13.9 Å². The van der Waals surface area contributed by atoms with E-state index in [0.29, 0.717) is 5.56 Å². The molecule has 1 aromatic carbocycles. The van der Waals surface area contributed by atoms with E-state index >= 15 is 0 Å². The molecule has 1 amide bonds. The number of hydroxylamine groups is 1. The van der Waals surface area contributed by atoms with Gasteiger partial charge < -0.3 is 4.57 Å². The van der Waals surface area contributed by atoms with Crippen LogP contribution in [0.15, 0.2) is 53.7 Å². The molecule has 2 N–H and O–H groups in total. The molecular weight excluding hydrogens is 422 g/mol. The first-order chi connectivity index (χ1) is 14.6. The molecule has 2 heterocycles. The third-order valence-electron chi connectivity index (χ3n) is 5.46. The Morgan fingerprint density at radius 2 is 1.77 bits per heavy atom. The van der Waals surface area contributed by atoms with Crippen LogP contribution in [-0.2, 0) is 21.2 Å². The molecule has 31 heavy (non-hydrogen) atoms. The Labute approximate surface area is 179 Å². The lowest BCUT2D eigenvalue weighted by Crippen LogP contribution is -2.50. The summed E-state index contributed by atoms with van der Waals surface area (Å²) < 4.78 is 23.7. The van der Waals surface area contributed by atoms with Crippen LogP contribution in [0, 0.1) is 6.92 Å². The number of pyridine rings is 1. The molecule has 0 aliphatic heterocycles. The lowest BCUT2D eigenvalue weighted by atomic mass is 10.0. The minimum Gasteiger partial charge on any atom is -0.315 e. The lowest BCUT2D eigenvalue weighted by molar-refractivity contribution is -0.131. The average Bonchev–Trinajstić information content (AvgIpc) is 3.28. The number of amides is 1. The second-order valence-corrected chi connectivity index (χ2v) is 9.86. The number of nitrogens with zero attached hydrogens (tertiary/aromatic N) is 4. The number of aromatic nitrogens is 4. The smallest absolute Gasteiger partial charge is 0.264 e. The van der Waals surface area contributed by atoms with Crippen molar-refractivity contribution in [2.24, 2.45) is 0 Å². The van der Waals surface area contributed by atoms with Gasteiger partial charge in [0, 0.05) is 24.6 Å². The maximum Gasteiger partial charge on any atom is 0.264 e. The second kappa shape index (κ2) is 8.44. The highest BCUT2D eigenvalue weighted by atomic mass is 32.2. The first-order valence-corrected chi connectivity index (χ1v) is 11.3. The van der Waals surface area contributed by atoms with Crippen LogP contribution < -0.4 is 11.0 Å². The number of carbonyl (C=O) groups is 1. The van der Waals surface area contributed by atoms with Crippen LogP contribution in [0.3, 0.4) is 0 Å². The lowest BCUT2D eigenvalue weighted by Gasteiger charge is -2.25. The molecule has 0 saturated heterocycles. The van der Waals surface area contributed by atoms with E-state index in [-0.39, 0.29) is 18.5 Å². The van der Waals surface area contributed by atoms with E-state index in [0.717, 1.165) is 23.1 Å². The third-order valence-corrected chi connectivity index (χ3v) is 7.49. The van der Waals surface area contributed by atoms with Crippen LogP contribution in [0.1, 0.15) is 18.9 Å². The summed E-state index contributed by atoms with van der Waals surface area (Å²) in [7, 11) is -3.84. The Morgan fingerprint density at radius 1 is 1.16 bits per heavy atom. The SMILES string of the molecule is Cc1c(-c2ccc(-n3nccn3)cc2)ccn(CCC(C)(C(=O)NO)S(C)(=O)=O)c1=O. The fourth-order valence-electron chi connectivity index (χ4n) is 3.22. The van der Waals surface area contributed by atoms with Gasteiger partial charge in [0.05, 0.1) is 18.1 Å². The first kappa shape index (κ1) is 22.4. The van der Waals surface area contributed by atoms with E-state index in [2.05, 4.69) is 10.2 Å². The van der Waals surface area contributed by atoms with Crippen molar-refractivity contribution < 1.29 is 18.4 Å². The highest BCUT2D eigenvalue weighted by Crippen LogP contribution is 2.24. The molecule has 2 aromatic heterocycles. The van der Waals surface area contributed by atoms with Crippen LogP contribution in [0.4, 0.5) is 0 Å². The second-order valence-electron chi connectivity index (χ2n) is 7.41. The van der Waals surface area contributed by atoms with Gasteiger partial charge in [-0.1, -0.05) is 12.1 Å². The predicted molar refractivity (Wildman–Crippen MR) is 114 cm³/mol. The number of nitrogens with one attached hydrogen (secondary N) is 1. The standard InChI is InChI=1S/C20H23N5O5S/c1-14-17(15-4-6-16(7-5-15)25-21-10-11-22-25)8-12-24(18(14)26)13-9-20(2,19(27)23-28)31(3,29)30/h4-8,10-12,28H,9,13H2,1-3H3,(H,23,27). The molecule has 1 atom stereocenters. The molecule has 3 aromatic rings. The number of hydrogen-bond donors (Lipinski definition) is 2. The van der Waals surface area contributed by atoms with E-state index in [4.69, 9.17) is 5.21 Å².